The van der Waals surface area contributed by atoms with Gasteiger partial charge in [0.2, 0.25) is 0 Å². The Balaban J connectivity index is 2.25. The number of thioether (sulfide) groups is 1. The van der Waals surface area contributed by atoms with Crippen molar-refractivity contribution in [3.63, 3.8) is 0 Å². The number of carboxylic acids is 1. The standard InChI is InChI=1S/C10H15F3N2O3S/c11-10(12,13)19-5-4-14-8(18)15-9(2-1-3-9)6-7(16)17/h1-6H2,(H,16,17)(H2,14,15,18). The smallest absolute Gasteiger partial charge is 0.441 e. The van der Waals surface area contributed by atoms with Crippen molar-refractivity contribution < 1.29 is 27.9 Å². The molecule has 0 heterocycles. The first kappa shape index (κ1) is 15.9. The fraction of sp³-hybridized carbons (Fsp3) is 0.800. The van der Waals surface area contributed by atoms with E-state index in [0.717, 1.165) is 6.42 Å². The molecule has 5 nitrogen and oxygen atoms in total. The van der Waals surface area contributed by atoms with Crippen molar-refractivity contribution in [2.75, 3.05) is 12.3 Å². The van der Waals surface area contributed by atoms with E-state index in [1.807, 2.05) is 0 Å². The van der Waals surface area contributed by atoms with Crippen LogP contribution in [-0.4, -0.2) is 40.5 Å². The van der Waals surface area contributed by atoms with E-state index in [9.17, 15) is 22.8 Å². The highest BCUT2D eigenvalue weighted by molar-refractivity contribution is 8.00. The van der Waals surface area contributed by atoms with Crippen LogP contribution in [0.25, 0.3) is 0 Å². The maximum atomic E-state index is 11.8. The molecule has 0 spiro atoms. The highest BCUT2D eigenvalue weighted by Gasteiger charge is 2.40. The minimum atomic E-state index is -4.31. The molecule has 1 aliphatic rings. The second-order valence-electron chi connectivity index (χ2n) is 4.38. The van der Waals surface area contributed by atoms with Gasteiger partial charge in [-0.15, -0.1) is 0 Å². The van der Waals surface area contributed by atoms with Crippen LogP contribution in [0.15, 0.2) is 0 Å². The summed E-state index contributed by atoms with van der Waals surface area (Å²) in [4.78, 5) is 22.1. The van der Waals surface area contributed by atoms with Gasteiger partial charge >= 0.3 is 17.5 Å². The average molecular weight is 300 g/mol. The summed E-state index contributed by atoms with van der Waals surface area (Å²) in [5.41, 5.74) is -5.05. The molecule has 1 fully saturated rings. The summed E-state index contributed by atoms with van der Waals surface area (Å²) >= 11 is -0.213. The first-order valence-corrected chi connectivity index (χ1v) is 6.69. The molecule has 0 aromatic rings. The first-order chi connectivity index (χ1) is 8.72. The second kappa shape index (κ2) is 6.36. The number of alkyl halides is 3. The summed E-state index contributed by atoms with van der Waals surface area (Å²) < 4.78 is 35.5. The lowest BCUT2D eigenvalue weighted by Crippen LogP contribution is -2.57. The van der Waals surface area contributed by atoms with Crippen molar-refractivity contribution >= 4 is 23.8 Å². The lowest BCUT2D eigenvalue weighted by molar-refractivity contribution is -0.139. The topological polar surface area (TPSA) is 78.4 Å². The number of rotatable bonds is 6. The number of halogens is 3. The maximum absolute atomic E-state index is 11.8. The van der Waals surface area contributed by atoms with E-state index in [0.29, 0.717) is 12.8 Å². The molecule has 0 saturated heterocycles. The van der Waals surface area contributed by atoms with E-state index in [1.165, 1.54) is 0 Å². The van der Waals surface area contributed by atoms with Crippen LogP contribution < -0.4 is 10.6 Å². The molecule has 0 bridgehead atoms. The number of aliphatic carboxylic acids is 1. The largest absolute Gasteiger partial charge is 0.481 e. The number of nitrogens with one attached hydrogen (secondary N) is 2. The van der Waals surface area contributed by atoms with Gasteiger partial charge in [0.05, 0.1) is 12.0 Å². The molecule has 2 amide bonds. The molecule has 0 aliphatic heterocycles. The Morgan fingerprint density at radius 1 is 1.32 bits per heavy atom. The minimum absolute atomic E-state index is 0.126. The van der Waals surface area contributed by atoms with E-state index >= 15 is 0 Å². The number of carbonyl (C=O) groups is 2. The van der Waals surface area contributed by atoms with E-state index in [-0.39, 0.29) is 30.5 Å². The van der Waals surface area contributed by atoms with E-state index in [2.05, 4.69) is 10.6 Å². The molecule has 19 heavy (non-hydrogen) atoms. The predicted octanol–water partition coefficient (Wildman–Crippen LogP) is 1.94. The zero-order chi connectivity index (χ0) is 14.5. The van der Waals surface area contributed by atoms with Crippen molar-refractivity contribution in [1.82, 2.24) is 10.6 Å². The van der Waals surface area contributed by atoms with Crippen LogP contribution in [-0.2, 0) is 4.79 Å². The van der Waals surface area contributed by atoms with E-state index in [1.54, 1.807) is 0 Å². The Morgan fingerprint density at radius 2 is 1.95 bits per heavy atom. The highest BCUT2D eigenvalue weighted by Crippen LogP contribution is 2.34. The van der Waals surface area contributed by atoms with Crippen LogP contribution in [0.5, 0.6) is 0 Å². The van der Waals surface area contributed by atoms with Gasteiger partial charge in [-0.2, -0.15) is 13.2 Å². The molecule has 3 N–H and O–H groups in total. The third kappa shape index (κ3) is 6.04. The Hall–Kier alpha value is -1.12. The van der Waals surface area contributed by atoms with Gasteiger partial charge < -0.3 is 15.7 Å². The zero-order valence-electron chi connectivity index (χ0n) is 10.0. The molecule has 0 atom stereocenters. The molecule has 0 aromatic carbocycles. The minimum Gasteiger partial charge on any atom is -0.481 e. The Morgan fingerprint density at radius 3 is 2.37 bits per heavy atom. The number of hydrogen-bond donors (Lipinski definition) is 3. The molecule has 1 saturated carbocycles. The number of carbonyl (C=O) groups excluding carboxylic acids is 1. The molecular formula is C10H15F3N2O3S. The summed E-state index contributed by atoms with van der Waals surface area (Å²) in [5.74, 6) is -1.28. The van der Waals surface area contributed by atoms with Crippen LogP contribution in [0, 0.1) is 0 Å². The predicted molar refractivity (Wildman–Crippen MR) is 63.9 cm³/mol. The quantitative estimate of drug-likeness (QED) is 0.655. The summed E-state index contributed by atoms with van der Waals surface area (Å²) in [7, 11) is 0. The zero-order valence-corrected chi connectivity index (χ0v) is 10.9. The SMILES string of the molecule is O=C(O)CC1(NC(=O)NCCSC(F)(F)F)CCC1. The van der Waals surface area contributed by atoms with Crippen LogP contribution in [0.2, 0.25) is 0 Å². The van der Waals surface area contributed by atoms with Gasteiger partial charge in [-0.3, -0.25) is 4.79 Å². The summed E-state index contributed by atoms with van der Waals surface area (Å²) in [6.45, 7) is -0.126. The van der Waals surface area contributed by atoms with Gasteiger partial charge in [-0.25, -0.2) is 4.79 Å². The van der Waals surface area contributed by atoms with Gasteiger partial charge in [0.15, 0.2) is 0 Å². The summed E-state index contributed by atoms with van der Waals surface area (Å²) in [6, 6.07) is -0.622. The second-order valence-corrected chi connectivity index (χ2v) is 5.54. The third-order valence-electron chi connectivity index (χ3n) is 2.83. The Labute approximate surface area is 112 Å². The highest BCUT2D eigenvalue weighted by atomic mass is 32.2. The first-order valence-electron chi connectivity index (χ1n) is 5.71. The van der Waals surface area contributed by atoms with Gasteiger partial charge in [0, 0.05) is 12.3 Å². The van der Waals surface area contributed by atoms with E-state index in [4.69, 9.17) is 5.11 Å². The molecule has 0 aromatic heterocycles. The summed E-state index contributed by atoms with van der Waals surface area (Å²) in [5, 5.41) is 13.6. The van der Waals surface area contributed by atoms with Crippen molar-refractivity contribution in [1.29, 1.82) is 0 Å². The fourth-order valence-corrected chi connectivity index (χ4v) is 2.29. The van der Waals surface area contributed by atoms with Crippen molar-refractivity contribution in [3.05, 3.63) is 0 Å². The number of amides is 2. The molecule has 110 valence electrons. The molecular weight excluding hydrogens is 285 g/mol. The monoisotopic (exact) mass is 300 g/mol. The number of carboxylic acid groups (broad SMARTS) is 1. The third-order valence-corrected chi connectivity index (χ3v) is 3.57. The van der Waals surface area contributed by atoms with Crippen LogP contribution >= 0.6 is 11.8 Å². The van der Waals surface area contributed by atoms with Crippen molar-refractivity contribution in [2.24, 2.45) is 0 Å². The number of hydrogen-bond acceptors (Lipinski definition) is 3. The number of urea groups is 1. The molecule has 9 heteroatoms. The molecule has 0 unspecified atom stereocenters. The summed E-state index contributed by atoms with van der Waals surface area (Å²) in [6.07, 6.45) is 1.81. The van der Waals surface area contributed by atoms with Gasteiger partial charge in [0.25, 0.3) is 0 Å². The van der Waals surface area contributed by atoms with Crippen molar-refractivity contribution in [2.45, 2.75) is 36.7 Å². The van der Waals surface area contributed by atoms with Crippen LogP contribution in [0.1, 0.15) is 25.7 Å². The van der Waals surface area contributed by atoms with Gasteiger partial charge in [0.1, 0.15) is 0 Å². The molecule has 1 aliphatic carbocycles. The van der Waals surface area contributed by atoms with Gasteiger partial charge in [-0.1, -0.05) is 0 Å². The van der Waals surface area contributed by atoms with Crippen LogP contribution in [0.3, 0.4) is 0 Å². The van der Waals surface area contributed by atoms with Gasteiger partial charge in [-0.05, 0) is 31.0 Å². The lowest BCUT2D eigenvalue weighted by atomic mass is 9.74. The van der Waals surface area contributed by atoms with Crippen LogP contribution in [0.4, 0.5) is 18.0 Å². The molecule has 0 radical (unpaired) electrons. The molecule has 1 rings (SSSR count). The average Bonchev–Trinajstić information content (AvgIpc) is 2.19. The van der Waals surface area contributed by atoms with Crippen molar-refractivity contribution in [3.8, 4) is 0 Å². The Bertz CT molecular complexity index is 345. The maximum Gasteiger partial charge on any atom is 0.441 e. The fourth-order valence-electron chi connectivity index (χ4n) is 1.86. The Kier molecular flexibility index (Phi) is 5.33. The normalized spacial score (nSPS) is 17.4. The lowest BCUT2D eigenvalue weighted by Gasteiger charge is -2.41. The van der Waals surface area contributed by atoms with E-state index < -0.39 is 23.0 Å².